The van der Waals surface area contributed by atoms with Crippen molar-refractivity contribution >= 4 is 11.6 Å². The monoisotopic (exact) mass is 253 g/mol. The van der Waals surface area contributed by atoms with Crippen LogP contribution in [-0.4, -0.2) is 11.5 Å². The van der Waals surface area contributed by atoms with Gasteiger partial charge >= 0.3 is 0 Å². The summed E-state index contributed by atoms with van der Waals surface area (Å²) in [6, 6.07) is 0.783. The van der Waals surface area contributed by atoms with E-state index in [9.17, 15) is 8.78 Å². The zero-order chi connectivity index (χ0) is 12.7. The highest BCUT2D eigenvalue weighted by Crippen LogP contribution is 2.48. The number of aromatic nitrogens is 1. The summed E-state index contributed by atoms with van der Waals surface area (Å²) >= 11 is 0. The highest BCUT2D eigenvalue weighted by atomic mass is 19.1. The number of fused-ring (bicyclic) bond motifs is 2. The molecule has 0 saturated heterocycles. The molecule has 0 aliphatic heterocycles. The van der Waals surface area contributed by atoms with Crippen LogP contribution in [0.1, 0.15) is 25.7 Å². The van der Waals surface area contributed by atoms with E-state index in [-0.39, 0.29) is 11.6 Å². The Morgan fingerprint density at radius 1 is 1.28 bits per heavy atom. The van der Waals surface area contributed by atoms with Crippen molar-refractivity contribution in [3.05, 3.63) is 17.7 Å². The Morgan fingerprint density at radius 2 is 2.11 bits per heavy atom. The van der Waals surface area contributed by atoms with Gasteiger partial charge in [0, 0.05) is 12.6 Å². The number of nitrogen functional groups attached to an aromatic ring is 1. The summed E-state index contributed by atoms with van der Waals surface area (Å²) < 4.78 is 26.4. The quantitative estimate of drug-likeness (QED) is 0.871. The van der Waals surface area contributed by atoms with E-state index < -0.39 is 11.6 Å². The number of nitrogens with one attached hydrogen (secondary N) is 1. The first-order chi connectivity index (χ1) is 8.63. The zero-order valence-corrected chi connectivity index (χ0v) is 10.1. The van der Waals surface area contributed by atoms with Gasteiger partial charge in [-0.25, -0.2) is 13.8 Å². The molecule has 0 amide bonds. The van der Waals surface area contributed by atoms with Gasteiger partial charge in [-0.3, -0.25) is 0 Å². The van der Waals surface area contributed by atoms with Crippen molar-refractivity contribution < 1.29 is 8.78 Å². The molecule has 2 bridgehead atoms. The van der Waals surface area contributed by atoms with Gasteiger partial charge < -0.3 is 11.1 Å². The fourth-order valence-electron chi connectivity index (χ4n) is 3.46. The number of nitrogens with zero attached hydrogens (tertiary/aromatic N) is 1. The number of halogens is 2. The van der Waals surface area contributed by atoms with E-state index in [1.165, 1.54) is 25.7 Å². The van der Waals surface area contributed by atoms with Gasteiger partial charge in [0.05, 0.1) is 0 Å². The van der Waals surface area contributed by atoms with Crippen LogP contribution in [-0.2, 0) is 0 Å². The number of nitrogens with two attached hydrogens (primary N) is 1. The van der Waals surface area contributed by atoms with Gasteiger partial charge in [0.2, 0.25) is 0 Å². The van der Waals surface area contributed by atoms with E-state index in [1.54, 1.807) is 0 Å². The average molecular weight is 253 g/mol. The Kier molecular flexibility index (Phi) is 2.84. The SMILES string of the molecule is Nc1nc(NCC2CC3CCC2C3)c(F)cc1F. The molecule has 1 heterocycles. The van der Waals surface area contributed by atoms with E-state index in [4.69, 9.17) is 5.73 Å². The summed E-state index contributed by atoms with van der Waals surface area (Å²) in [4.78, 5) is 3.71. The third kappa shape index (κ3) is 2.02. The molecule has 2 aliphatic rings. The zero-order valence-electron chi connectivity index (χ0n) is 10.1. The molecular weight excluding hydrogens is 236 g/mol. The maximum Gasteiger partial charge on any atom is 0.168 e. The van der Waals surface area contributed by atoms with Crippen molar-refractivity contribution in [2.45, 2.75) is 25.7 Å². The minimum atomic E-state index is -0.807. The first kappa shape index (κ1) is 11.7. The summed E-state index contributed by atoms with van der Waals surface area (Å²) in [7, 11) is 0. The molecule has 3 atom stereocenters. The van der Waals surface area contributed by atoms with Gasteiger partial charge in [-0.1, -0.05) is 6.42 Å². The van der Waals surface area contributed by atoms with Crippen LogP contribution in [0.2, 0.25) is 0 Å². The molecule has 5 heteroatoms. The molecule has 3 rings (SSSR count). The summed E-state index contributed by atoms with van der Waals surface area (Å²) in [6.45, 7) is 0.705. The molecule has 3 N–H and O–H groups in total. The highest BCUT2D eigenvalue weighted by Gasteiger charge is 2.39. The van der Waals surface area contributed by atoms with Crippen molar-refractivity contribution in [1.82, 2.24) is 4.98 Å². The van der Waals surface area contributed by atoms with Crippen LogP contribution < -0.4 is 11.1 Å². The molecule has 0 radical (unpaired) electrons. The number of hydrogen-bond acceptors (Lipinski definition) is 3. The summed E-state index contributed by atoms with van der Waals surface area (Å²) in [5, 5.41) is 2.98. The van der Waals surface area contributed by atoms with Crippen LogP contribution in [0.5, 0.6) is 0 Å². The van der Waals surface area contributed by atoms with Crippen LogP contribution in [0.3, 0.4) is 0 Å². The second-order valence-corrected chi connectivity index (χ2v) is 5.50. The van der Waals surface area contributed by atoms with Gasteiger partial charge in [0.15, 0.2) is 23.3 Å². The van der Waals surface area contributed by atoms with Gasteiger partial charge in [-0.15, -0.1) is 0 Å². The maximum absolute atomic E-state index is 13.5. The largest absolute Gasteiger partial charge is 0.381 e. The number of pyridine rings is 1. The topological polar surface area (TPSA) is 50.9 Å². The van der Waals surface area contributed by atoms with E-state index in [0.29, 0.717) is 12.5 Å². The van der Waals surface area contributed by atoms with Gasteiger partial charge in [-0.05, 0) is 37.0 Å². The maximum atomic E-state index is 13.5. The number of anilines is 2. The van der Waals surface area contributed by atoms with Crippen molar-refractivity contribution in [3.8, 4) is 0 Å². The van der Waals surface area contributed by atoms with Gasteiger partial charge in [0.25, 0.3) is 0 Å². The standard InChI is InChI=1S/C13H17F2N3/c14-10-5-11(15)13(18-12(10)16)17-6-9-4-7-1-2-8(9)3-7/h5,7-9H,1-4,6H2,(H3,16,17,18). The Labute approximate surface area is 105 Å². The van der Waals surface area contributed by atoms with Crippen molar-refractivity contribution in [2.24, 2.45) is 17.8 Å². The lowest BCUT2D eigenvalue weighted by Gasteiger charge is -2.22. The second kappa shape index (κ2) is 4.37. The van der Waals surface area contributed by atoms with Crippen molar-refractivity contribution in [2.75, 3.05) is 17.6 Å². The molecule has 3 unspecified atom stereocenters. The van der Waals surface area contributed by atoms with Crippen LogP contribution >= 0.6 is 0 Å². The summed E-state index contributed by atoms with van der Waals surface area (Å²) in [5.74, 6) is 0.545. The van der Waals surface area contributed by atoms with Crippen molar-refractivity contribution in [3.63, 3.8) is 0 Å². The number of rotatable bonds is 3. The molecule has 1 aromatic rings. The first-order valence-corrected chi connectivity index (χ1v) is 6.49. The Bertz CT molecular complexity index is 464. The average Bonchev–Trinajstić information content (AvgIpc) is 2.94. The van der Waals surface area contributed by atoms with E-state index in [2.05, 4.69) is 10.3 Å². The normalized spacial score (nSPS) is 29.8. The van der Waals surface area contributed by atoms with Crippen molar-refractivity contribution in [1.29, 1.82) is 0 Å². The molecule has 2 saturated carbocycles. The van der Waals surface area contributed by atoms with Crippen LogP contribution in [0.15, 0.2) is 6.07 Å². The Hall–Kier alpha value is -1.39. The van der Waals surface area contributed by atoms with Gasteiger partial charge in [-0.2, -0.15) is 0 Å². The second-order valence-electron chi connectivity index (χ2n) is 5.50. The molecule has 3 nitrogen and oxygen atoms in total. The lowest BCUT2D eigenvalue weighted by Crippen LogP contribution is -2.21. The fraction of sp³-hybridized carbons (Fsp3) is 0.615. The van der Waals surface area contributed by atoms with Crippen LogP contribution in [0.4, 0.5) is 20.4 Å². The first-order valence-electron chi connectivity index (χ1n) is 6.49. The molecule has 0 aromatic carbocycles. The van der Waals surface area contributed by atoms with Crippen LogP contribution in [0.25, 0.3) is 0 Å². The van der Waals surface area contributed by atoms with E-state index in [0.717, 1.165) is 17.9 Å². The predicted molar refractivity (Wildman–Crippen MR) is 66.0 cm³/mol. The molecule has 2 aliphatic carbocycles. The lowest BCUT2D eigenvalue weighted by atomic mass is 9.89. The highest BCUT2D eigenvalue weighted by molar-refractivity contribution is 5.44. The molecule has 0 spiro atoms. The van der Waals surface area contributed by atoms with E-state index >= 15 is 0 Å². The smallest absolute Gasteiger partial charge is 0.168 e. The van der Waals surface area contributed by atoms with Crippen LogP contribution in [0, 0.1) is 29.4 Å². The number of hydrogen-bond donors (Lipinski definition) is 2. The van der Waals surface area contributed by atoms with Gasteiger partial charge in [0.1, 0.15) is 0 Å². The molecule has 18 heavy (non-hydrogen) atoms. The Morgan fingerprint density at radius 3 is 2.78 bits per heavy atom. The summed E-state index contributed by atoms with van der Waals surface area (Å²) in [5.41, 5.74) is 5.34. The lowest BCUT2D eigenvalue weighted by molar-refractivity contribution is 0.348. The molecule has 2 fully saturated rings. The predicted octanol–water partition coefficient (Wildman–Crippen LogP) is 2.79. The summed E-state index contributed by atoms with van der Waals surface area (Å²) in [6.07, 6.45) is 5.17. The Balaban J connectivity index is 1.65. The third-order valence-corrected chi connectivity index (χ3v) is 4.37. The third-order valence-electron chi connectivity index (χ3n) is 4.37. The van der Waals surface area contributed by atoms with E-state index in [1.807, 2.05) is 0 Å². The molecular formula is C13H17F2N3. The minimum Gasteiger partial charge on any atom is -0.381 e. The fourth-order valence-corrected chi connectivity index (χ4v) is 3.46. The molecule has 98 valence electrons. The minimum absolute atomic E-state index is 0.0664. The molecule has 1 aromatic heterocycles.